The quantitative estimate of drug-likeness (QED) is 0.698. The summed E-state index contributed by atoms with van der Waals surface area (Å²) in [6.07, 6.45) is 5.15. The number of hydrogen-bond acceptors (Lipinski definition) is 4. The van der Waals surface area contributed by atoms with E-state index in [2.05, 4.69) is 25.1 Å². The summed E-state index contributed by atoms with van der Waals surface area (Å²) in [5, 5.41) is 0. The van der Waals surface area contributed by atoms with Crippen LogP contribution in [-0.4, -0.2) is 19.7 Å². The van der Waals surface area contributed by atoms with Crippen molar-refractivity contribution in [2.45, 2.75) is 56.5 Å². The van der Waals surface area contributed by atoms with Crippen LogP contribution in [0.15, 0.2) is 36.4 Å². The van der Waals surface area contributed by atoms with E-state index >= 15 is 0 Å². The summed E-state index contributed by atoms with van der Waals surface area (Å²) in [5.74, 6) is 1.51. The lowest BCUT2D eigenvalue weighted by Gasteiger charge is -2.18. The lowest BCUT2D eigenvalue weighted by molar-refractivity contribution is -0.141. The van der Waals surface area contributed by atoms with Crippen LogP contribution in [0.1, 0.15) is 66.9 Å². The van der Waals surface area contributed by atoms with Gasteiger partial charge in [-0.1, -0.05) is 31.2 Å². The molecule has 0 spiro atoms. The molecule has 2 aromatic carbocycles. The van der Waals surface area contributed by atoms with Crippen LogP contribution >= 0.6 is 0 Å². The van der Waals surface area contributed by atoms with Crippen molar-refractivity contribution in [3.05, 3.63) is 58.7 Å². The molecule has 0 aromatic heterocycles. The highest BCUT2D eigenvalue weighted by Crippen LogP contribution is 2.51. The van der Waals surface area contributed by atoms with Crippen LogP contribution < -0.4 is 9.47 Å². The number of methoxy groups -OCH3 is 1. The lowest BCUT2D eigenvalue weighted by atomic mass is 9.91. The normalized spacial score (nSPS) is 23.5. The van der Waals surface area contributed by atoms with Gasteiger partial charge in [0.25, 0.3) is 0 Å². The zero-order chi connectivity index (χ0) is 19.3. The molecule has 1 heterocycles. The van der Waals surface area contributed by atoms with Gasteiger partial charge >= 0.3 is 5.97 Å². The summed E-state index contributed by atoms with van der Waals surface area (Å²) in [6, 6.07) is 12.7. The average molecular weight is 378 g/mol. The highest BCUT2D eigenvalue weighted by molar-refractivity contribution is 5.71. The van der Waals surface area contributed by atoms with E-state index in [1.807, 2.05) is 18.2 Å². The molecule has 2 aromatic rings. The number of hydrogen-bond donors (Lipinski definition) is 0. The van der Waals surface area contributed by atoms with Crippen molar-refractivity contribution < 1.29 is 19.0 Å². The maximum Gasteiger partial charge on any atom is 0.306 e. The smallest absolute Gasteiger partial charge is 0.306 e. The molecule has 2 aliphatic carbocycles. The molecule has 28 heavy (non-hydrogen) atoms. The summed E-state index contributed by atoms with van der Waals surface area (Å²) < 4.78 is 17.0. The van der Waals surface area contributed by atoms with E-state index in [0.29, 0.717) is 18.4 Å². The van der Waals surface area contributed by atoms with E-state index in [1.54, 1.807) is 0 Å². The topological polar surface area (TPSA) is 44.8 Å². The molecule has 4 nitrogen and oxygen atoms in total. The van der Waals surface area contributed by atoms with Gasteiger partial charge in [0.15, 0.2) is 0 Å². The second kappa shape index (κ2) is 6.54. The minimum atomic E-state index is -0.204. The van der Waals surface area contributed by atoms with E-state index in [4.69, 9.17) is 14.2 Å². The zero-order valence-corrected chi connectivity index (χ0v) is 16.5. The molecular weight excluding hydrogens is 352 g/mol. The molecule has 1 saturated carbocycles. The molecule has 146 valence electrons. The first kappa shape index (κ1) is 17.6. The Morgan fingerprint density at radius 3 is 2.86 bits per heavy atom. The number of ether oxygens (including phenoxy) is 3. The van der Waals surface area contributed by atoms with Gasteiger partial charge < -0.3 is 14.2 Å². The monoisotopic (exact) mass is 378 g/mol. The standard InChI is InChI=1S/C24H26O4/c1-24(10-11-24)20-5-3-4-19-18(20)8-9-21(19)28-16-6-7-17-15(12-23(25)26-2)14-27-22(17)13-16/h3-7,13,15,21H,8-12,14H2,1-2H3. The first-order valence-electron chi connectivity index (χ1n) is 10.2. The Kier molecular flexibility index (Phi) is 4.11. The fraction of sp³-hybridized carbons (Fsp3) is 0.458. The van der Waals surface area contributed by atoms with E-state index < -0.39 is 0 Å². The first-order chi connectivity index (χ1) is 13.6. The van der Waals surface area contributed by atoms with Gasteiger partial charge in [0.1, 0.15) is 17.6 Å². The number of carbonyl (C=O) groups excluding carboxylic acids is 1. The summed E-state index contributed by atoms with van der Waals surface area (Å²) in [6.45, 7) is 2.89. The lowest BCUT2D eigenvalue weighted by Crippen LogP contribution is -2.09. The van der Waals surface area contributed by atoms with Gasteiger partial charge in [-0.2, -0.15) is 0 Å². The molecule has 0 bridgehead atoms. The predicted octanol–water partition coefficient (Wildman–Crippen LogP) is 4.84. The maximum absolute atomic E-state index is 11.6. The van der Waals surface area contributed by atoms with Crippen LogP contribution in [0.4, 0.5) is 0 Å². The second-order valence-corrected chi connectivity index (χ2v) is 8.57. The highest BCUT2D eigenvalue weighted by atomic mass is 16.5. The Hall–Kier alpha value is -2.49. The van der Waals surface area contributed by atoms with E-state index in [9.17, 15) is 4.79 Å². The van der Waals surface area contributed by atoms with E-state index in [0.717, 1.165) is 29.9 Å². The van der Waals surface area contributed by atoms with Crippen LogP contribution in [0.3, 0.4) is 0 Å². The summed E-state index contributed by atoms with van der Waals surface area (Å²) in [7, 11) is 1.42. The zero-order valence-electron chi connectivity index (χ0n) is 16.5. The number of rotatable bonds is 5. The van der Waals surface area contributed by atoms with Crippen LogP contribution in [0.25, 0.3) is 0 Å². The number of benzene rings is 2. The van der Waals surface area contributed by atoms with Gasteiger partial charge in [-0.25, -0.2) is 0 Å². The van der Waals surface area contributed by atoms with Crippen molar-refractivity contribution in [1.29, 1.82) is 0 Å². The highest BCUT2D eigenvalue weighted by Gasteiger charge is 2.42. The summed E-state index contributed by atoms with van der Waals surface area (Å²) >= 11 is 0. The van der Waals surface area contributed by atoms with Gasteiger partial charge in [0.2, 0.25) is 0 Å². The van der Waals surface area contributed by atoms with Crippen molar-refractivity contribution in [3.63, 3.8) is 0 Å². The van der Waals surface area contributed by atoms with Crippen molar-refractivity contribution in [2.24, 2.45) is 0 Å². The van der Waals surface area contributed by atoms with Crippen LogP contribution in [0.2, 0.25) is 0 Å². The van der Waals surface area contributed by atoms with E-state index in [1.165, 1.54) is 36.6 Å². The van der Waals surface area contributed by atoms with Crippen LogP contribution in [0, 0.1) is 0 Å². The molecule has 1 fully saturated rings. The first-order valence-corrected chi connectivity index (χ1v) is 10.2. The molecule has 1 aliphatic heterocycles. The molecule has 3 aliphatic rings. The maximum atomic E-state index is 11.6. The van der Waals surface area contributed by atoms with Gasteiger partial charge in [0.05, 0.1) is 20.1 Å². The molecule has 0 saturated heterocycles. The number of esters is 1. The Balaban J connectivity index is 1.35. The third-order valence-electron chi connectivity index (χ3n) is 6.65. The number of carbonyl (C=O) groups is 1. The number of fused-ring (bicyclic) bond motifs is 2. The molecule has 2 unspecified atom stereocenters. The Labute approximate surface area is 165 Å². The predicted molar refractivity (Wildman–Crippen MR) is 106 cm³/mol. The second-order valence-electron chi connectivity index (χ2n) is 8.57. The third kappa shape index (κ3) is 2.95. The SMILES string of the molecule is COC(=O)CC1COc2cc(OC3CCc4c3cccc4C3(C)CC3)ccc21. The van der Waals surface area contributed by atoms with Crippen molar-refractivity contribution in [3.8, 4) is 11.5 Å². The van der Waals surface area contributed by atoms with Crippen LogP contribution in [0.5, 0.6) is 11.5 Å². The van der Waals surface area contributed by atoms with Crippen molar-refractivity contribution in [2.75, 3.05) is 13.7 Å². The molecule has 0 amide bonds. The van der Waals surface area contributed by atoms with Gasteiger partial charge in [0, 0.05) is 17.5 Å². The Morgan fingerprint density at radius 2 is 2.07 bits per heavy atom. The average Bonchev–Trinajstić information content (AvgIpc) is 3.15. The molecule has 2 atom stereocenters. The fourth-order valence-electron chi connectivity index (χ4n) is 4.71. The molecule has 0 N–H and O–H groups in total. The van der Waals surface area contributed by atoms with Crippen molar-refractivity contribution in [1.82, 2.24) is 0 Å². The molecule has 0 radical (unpaired) electrons. The minimum absolute atomic E-state index is 0.0607. The molecular formula is C24H26O4. The summed E-state index contributed by atoms with van der Waals surface area (Å²) in [5.41, 5.74) is 5.82. The largest absolute Gasteiger partial charge is 0.492 e. The summed E-state index contributed by atoms with van der Waals surface area (Å²) in [4.78, 5) is 11.6. The van der Waals surface area contributed by atoms with E-state index in [-0.39, 0.29) is 18.0 Å². The Morgan fingerprint density at radius 1 is 1.21 bits per heavy atom. The fourth-order valence-corrected chi connectivity index (χ4v) is 4.71. The molecule has 4 heteroatoms. The molecule has 5 rings (SSSR count). The van der Waals surface area contributed by atoms with Crippen LogP contribution in [-0.2, 0) is 21.4 Å². The van der Waals surface area contributed by atoms with Gasteiger partial charge in [-0.3, -0.25) is 4.79 Å². The third-order valence-corrected chi connectivity index (χ3v) is 6.65. The van der Waals surface area contributed by atoms with Gasteiger partial charge in [-0.15, -0.1) is 0 Å². The van der Waals surface area contributed by atoms with Crippen molar-refractivity contribution >= 4 is 5.97 Å². The Bertz CT molecular complexity index is 928. The van der Waals surface area contributed by atoms with Gasteiger partial charge in [-0.05, 0) is 53.9 Å². The minimum Gasteiger partial charge on any atom is -0.492 e.